The summed E-state index contributed by atoms with van der Waals surface area (Å²) in [5.74, 6) is 1.67. The van der Waals surface area contributed by atoms with Gasteiger partial charge in [-0.25, -0.2) is 0 Å². The Bertz CT molecular complexity index is 683. The van der Waals surface area contributed by atoms with Crippen molar-refractivity contribution in [3.8, 4) is 11.5 Å². The Morgan fingerprint density at radius 2 is 1.79 bits per heavy atom. The predicted octanol–water partition coefficient (Wildman–Crippen LogP) is 4.11. The normalized spacial score (nSPS) is 40.3. The van der Waals surface area contributed by atoms with E-state index in [1.807, 2.05) is 6.07 Å². The molecular weight excluding hydrogens is 298 g/mol. The second-order valence-electron chi connectivity index (χ2n) is 9.52. The molecule has 0 spiro atoms. The summed E-state index contributed by atoms with van der Waals surface area (Å²) < 4.78 is 0. The van der Waals surface area contributed by atoms with Crippen LogP contribution in [0.15, 0.2) is 12.1 Å². The van der Waals surface area contributed by atoms with Crippen LogP contribution in [-0.2, 0) is 11.8 Å². The van der Waals surface area contributed by atoms with Crippen molar-refractivity contribution in [2.75, 3.05) is 6.54 Å². The molecule has 1 aliphatic heterocycles. The molecular formula is C21H31NO2. The zero-order valence-electron chi connectivity index (χ0n) is 15.4. The highest BCUT2D eigenvalue weighted by Gasteiger charge is 2.60. The highest BCUT2D eigenvalue weighted by Crippen LogP contribution is 2.65. The fourth-order valence-corrected chi connectivity index (χ4v) is 6.92. The lowest BCUT2D eigenvalue weighted by Gasteiger charge is -2.57. The summed E-state index contributed by atoms with van der Waals surface area (Å²) in [6.45, 7) is 10.7. The van der Waals surface area contributed by atoms with E-state index >= 15 is 0 Å². The number of hydrogen-bond acceptors (Lipinski definition) is 3. The highest BCUT2D eigenvalue weighted by atomic mass is 16.3. The van der Waals surface area contributed by atoms with Gasteiger partial charge < -0.3 is 15.5 Å². The molecule has 3 nitrogen and oxygen atoms in total. The van der Waals surface area contributed by atoms with E-state index in [4.69, 9.17) is 0 Å². The van der Waals surface area contributed by atoms with Crippen molar-refractivity contribution in [2.24, 2.45) is 17.3 Å². The number of nitrogens with one attached hydrogen (secondary N) is 1. The minimum absolute atomic E-state index is 0.0266. The van der Waals surface area contributed by atoms with Gasteiger partial charge in [-0.2, -0.15) is 0 Å². The maximum atomic E-state index is 10.6. The topological polar surface area (TPSA) is 52.5 Å². The number of phenolic OH excluding ortho intramolecular Hbond substituents is 2. The Kier molecular flexibility index (Phi) is 3.32. The quantitative estimate of drug-likeness (QED) is 0.671. The van der Waals surface area contributed by atoms with Crippen molar-refractivity contribution in [1.82, 2.24) is 5.32 Å². The van der Waals surface area contributed by atoms with Crippen molar-refractivity contribution in [2.45, 2.75) is 70.8 Å². The lowest BCUT2D eigenvalue weighted by atomic mass is 9.48. The van der Waals surface area contributed by atoms with E-state index in [0.717, 1.165) is 30.5 Å². The average molecular weight is 329 g/mol. The molecule has 24 heavy (non-hydrogen) atoms. The van der Waals surface area contributed by atoms with Gasteiger partial charge in [0.05, 0.1) is 0 Å². The zero-order valence-corrected chi connectivity index (χ0v) is 15.4. The Morgan fingerprint density at radius 1 is 1.04 bits per heavy atom. The van der Waals surface area contributed by atoms with Gasteiger partial charge in [-0.3, -0.25) is 0 Å². The lowest BCUT2D eigenvalue weighted by Crippen LogP contribution is -2.57. The van der Waals surface area contributed by atoms with Gasteiger partial charge in [-0.05, 0) is 81.4 Å². The summed E-state index contributed by atoms with van der Waals surface area (Å²) >= 11 is 0. The second kappa shape index (κ2) is 4.91. The molecule has 3 aliphatic rings. The van der Waals surface area contributed by atoms with Crippen LogP contribution in [0.5, 0.6) is 11.5 Å². The third kappa shape index (κ3) is 2.00. The van der Waals surface area contributed by atoms with E-state index in [1.54, 1.807) is 0 Å². The molecule has 3 N–H and O–H groups in total. The minimum Gasteiger partial charge on any atom is -0.508 e. The first-order valence-corrected chi connectivity index (χ1v) is 9.49. The first-order chi connectivity index (χ1) is 11.2. The van der Waals surface area contributed by atoms with E-state index < -0.39 is 0 Å². The van der Waals surface area contributed by atoms with Crippen LogP contribution in [0.25, 0.3) is 0 Å². The Hall–Kier alpha value is -1.22. The molecule has 0 aromatic heterocycles. The number of hydrogen-bond donors (Lipinski definition) is 3. The predicted molar refractivity (Wildman–Crippen MR) is 96.5 cm³/mol. The van der Waals surface area contributed by atoms with Crippen LogP contribution in [0.1, 0.15) is 64.5 Å². The van der Waals surface area contributed by atoms with Crippen LogP contribution in [0, 0.1) is 17.3 Å². The maximum Gasteiger partial charge on any atom is 0.123 e. The third-order valence-electron chi connectivity index (χ3n) is 7.84. The molecule has 3 heteroatoms. The van der Waals surface area contributed by atoms with Crippen LogP contribution in [0.2, 0.25) is 0 Å². The van der Waals surface area contributed by atoms with Crippen molar-refractivity contribution in [3.05, 3.63) is 23.3 Å². The molecule has 4 rings (SSSR count). The monoisotopic (exact) mass is 329 g/mol. The molecule has 1 saturated heterocycles. The average Bonchev–Trinajstić information content (AvgIpc) is 2.71. The maximum absolute atomic E-state index is 10.6. The third-order valence-corrected chi connectivity index (χ3v) is 7.84. The molecule has 1 saturated carbocycles. The molecule has 2 fully saturated rings. The summed E-state index contributed by atoms with van der Waals surface area (Å²) in [7, 11) is 0. The first-order valence-electron chi connectivity index (χ1n) is 9.49. The molecule has 0 radical (unpaired) electrons. The second-order valence-corrected chi connectivity index (χ2v) is 9.52. The minimum atomic E-state index is 0.0266. The Balaban J connectivity index is 1.84. The van der Waals surface area contributed by atoms with Crippen molar-refractivity contribution < 1.29 is 10.2 Å². The molecule has 2 unspecified atom stereocenters. The van der Waals surface area contributed by atoms with Crippen molar-refractivity contribution in [1.29, 1.82) is 0 Å². The molecule has 1 aromatic rings. The largest absolute Gasteiger partial charge is 0.508 e. The smallest absolute Gasteiger partial charge is 0.123 e. The van der Waals surface area contributed by atoms with Gasteiger partial charge in [-0.1, -0.05) is 13.8 Å². The van der Waals surface area contributed by atoms with E-state index in [0.29, 0.717) is 17.6 Å². The van der Waals surface area contributed by atoms with Crippen molar-refractivity contribution >= 4 is 0 Å². The fourth-order valence-electron chi connectivity index (χ4n) is 6.92. The number of rotatable bonds is 0. The van der Waals surface area contributed by atoms with Gasteiger partial charge in [0.2, 0.25) is 0 Å². The van der Waals surface area contributed by atoms with Crippen LogP contribution in [0.4, 0.5) is 0 Å². The summed E-state index contributed by atoms with van der Waals surface area (Å²) in [5, 5.41) is 24.3. The molecule has 1 aromatic carbocycles. The number of aromatic hydroxyl groups is 2. The zero-order chi connectivity index (χ0) is 17.3. The van der Waals surface area contributed by atoms with Crippen molar-refractivity contribution in [3.63, 3.8) is 0 Å². The van der Waals surface area contributed by atoms with Crippen LogP contribution >= 0.6 is 0 Å². The van der Waals surface area contributed by atoms with E-state index in [2.05, 4.69) is 33.0 Å². The molecule has 0 bridgehead atoms. The highest BCUT2D eigenvalue weighted by molar-refractivity contribution is 5.54. The first kappa shape index (κ1) is 16.3. The summed E-state index contributed by atoms with van der Waals surface area (Å²) in [6, 6.07) is 3.41. The van der Waals surface area contributed by atoms with Gasteiger partial charge in [0.15, 0.2) is 0 Å². The number of phenols is 2. The SMILES string of the molecule is CC1(C)NCCCC2(C)C1CC[C@@]1(C)c3c(O)cc(O)cc3C[C@H]21. The Morgan fingerprint density at radius 3 is 2.54 bits per heavy atom. The van der Waals surface area contributed by atoms with E-state index in [1.165, 1.54) is 25.3 Å². The van der Waals surface area contributed by atoms with Gasteiger partial charge >= 0.3 is 0 Å². The molecule has 2 aliphatic carbocycles. The summed E-state index contributed by atoms with van der Waals surface area (Å²) in [4.78, 5) is 0. The van der Waals surface area contributed by atoms with Crippen LogP contribution in [0.3, 0.4) is 0 Å². The standard InChI is InChI=1S/C21H31NO2/c1-19(2)16-6-8-21(4)17(20(16,3)7-5-9-22-19)11-13-10-14(23)12-15(24)18(13)21/h10,12,16-17,22-24H,5-9,11H2,1-4H3/t16?,17-,20?,21-/m1/s1. The Labute approximate surface area is 145 Å². The molecule has 4 atom stereocenters. The van der Waals surface area contributed by atoms with Crippen LogP contribution < -0.4 is 5.32 Å². The summed E-state index contributed by atoms with van der Waals surface area (Å²) in [6.07, 6.45) is 5.76. The van der Waals surface area contributed by atoms with Gasteiger partial charge in [0.1, 0.15) is 11.5 Å². The number of fused-ring (bicyclic) bond motifs is 5. The molecule has 1 heterocycles. The molecule has 132 valence electrons. The molecule has 0 amide bonds. The lowest BCUT2D eigenvalue weighted by molar-refractivity contribution is -0.0421. The number of benzene rings is 1. The van der Waals surface area contributed by atoms with Gasteiger partial charge in [-0.15, -0.1) is 0 Å². The summed E-state index contributed by atoms with van der Waals surface area (Å²) in [5.41, 5.74) is 2.72. The van der Waals surface area contributed by atoms with Gasteiger partial charge in [0, 0.05) is 22.6 Å². The van der Waals surface area contributed by atoms with E-state index in [-0.39, 0.29) is 22.1 Å². The van der Waals surface area contributed by atoms with Crippen LogP contribution in [-0.4, -0.2) is 22.3 Å². The van der Waals surface area contributed by atoms with E-state index in [9.17, 15) is 10.2 Å². The fraction of sp³-hybridized carbons (Fsp3) is 0.714. The van der Waals surface area contributed by atoms with Gasteiger partial charge in [0.25, 0.3) is 0 Å².